The monoisotopic (exact) mass is 295 g/mol. The first-order valence-electron chi connectivity index (χ1n) is 6.41. The molecule has 2 N–H and O–H groups in total. The zero-order chi connectivity index (χ0) is 15.0. The number of hydrogen-bond donors (Lipinski definition) is 1. The second kappa shape index (κ2) is 4.91. The number of nitrogens with zero attached hydrogens (tertiary/aromatic N) is 2. The van der Waals surface area contributed by atoms with Crippen LogP contribution in [0.5, 0.6) is 5.75 Å². The summed E-state index contributed by atoms with van der Waals surface area (Å²) in [7, 11) is 0. The van der Waals surface area contributed by atoms with Crippen molar-refractivity contribution in [3.63, 3.8) is 0 Å². The molecule has 0 bridgehead atoms. The molecule has 4 nitrogen and oxygen atoms in total. The van der Waals surface area contributed by atoms with Gasteiger partial charge in [0.1, 0.15) is 11.6 Å². The van der Waals surface area contributed by atoms with E-state index in [0.717, 1.165) is 18.5 Å². The number of nitrogen functional groups attached to an aromatic ring is 1. The molecule has 1 fully saturated rings. The summed E-state index contributed by atoms with van der Waals surface area (Å²) in [4.78, 5) is 8.54. The number of alkyl halides is 3. The molecule has 2 aromatic rings. The molecular formula is C14H12F3N3O. The van der Waals surface area contributed by atoms with Gasteiger partial charge in [-0.1, -0.05) is 0 Å². The molecule has 0 spiro atoms. The Hall–Kier alpha value is -2.31. The van der Waals surface area contributed by atoms with Crippen LogP contribution in [0, 0.1) is 0 Å². The van der Waals surface area contributed by atoms with E-state index >= 15 is 0 Å². The van der Waals surface area contributed by atoms with E-state index in [-0.39, 0.29) is 5.75 Å². The van der Waals surface area contributed by atoms with Crippen LogP contribution in [-0.4, -0.2) is 16.3 Å². The first-order valence-corrected chi connectivity index (χ1v) is 6.41. The molecule has 7 heteroatoms. The lowest BCUT2D eigenvalue weighted by atomic mass is 10.2. The summed E-state index contributed by atoms with van der Waals surface area (Å²) in [6.07, 6.45) is -2.54. The lowest BCUT2D eigenvalue weighted by Gasteiger charge is -2.09. The molecule has 3 rings (SSSR count). The van der Waals surface area contributed by atoms with Crippen LogP contribution in [-0.2, 0) is 0 Å². The van der Waals surface area contributed by atoms with Crippen molar-refractivity contribution in [2.75, 3.05) is 5.73 Å². The Morgan fingerprint density at radius 2 is 1.76 bits per heavy atom. The quantitative estimate of drug-likeness (QED) is 0.941. The maximum Gasteiger partial charge on any atom is 0.573 e. The zero-order valence-corrected chi connectivity index (χ0v) is 10.9. The Kier molecular flexibility index (Phi) is 3.19. The van der Waals surface area contributed by atoms with E-state index in [1.165, 1.54) is 24.3 Å². The van der Waals surface area contributed by atoms with Crippen molar-refractivity contribution < 1.29 is 17.9 Å². The van der Waals surface area contributed by atoms with Gasteiger partial charge < -0.3 is 10.5 Å². The molecule has 110 valence electrons. The summed E-state index contributed by atoms with van der Waals surface area (Å²) in [6, 6.07) is 7.15. The topological polar surface area (TPSA) is 61.0 Å². The SMILES string of the molecule is Nc1cc(C2CC2)nc(-c2ccc(OC(F)(F)F)cc2)n1. The number of benzene rings is 1. The first kappa shape index (κ1) is 13.7. The highest BCUT2D eigenvalue weighted by molar-refractivity contribution is 5.58. The highest BCUT2D eigenvalue weighted by Gasteiger charge is 2.31. The number of rotatable bonds is 3. The lowest BCUT2D eigenvalue weighted by Crippen LogP contribution is -2.16. The summed E-state index contributed by atoms with van der Waals surface area (Å²) in [5, 5.41) is 0. The molecule has 1 aromatic carbocycles. The minimum absolute atomic E-state index is 0.280. The van der Waals surface area contributed by atoms with Crippen LogP contribution in [0.3, 0.4) is 0 Å². The zero-order valence-electron chi connectivity index (χ0n) is 10.9. The molecule has 1 heterocycles. The average molecular weight is 295 g/mol. The standard InChI is InChI=1S/C14H12F3N3O/c15-14(16,17)21-10-5-3-9(4-6-10)13-19-11(8-1-2-8)7-12(18)20-13/h3-8H,1-2H2,(H2,18,19,20). The van der Waals surface area contributed by atoms with Crippen molar-refractivity contribution in [1.82, 2.24) is 9.97 Å². The van der Waals surface area contributed by atoms with Gasteiger partial charge in [-0.15, -0.1) is 13.2 Å². The number of aromatic nitrogens is 2. The molecule has 1 aliphatic rings. The van der Waals surface area contributed by atoms with E-state index < -0.39 is 6.36 Å². The molecule has 0 radical (unpaired) electrons. The Bertz CT molecular complexity index is 652. The lowest BCUT2D eigenvalue weighted by molar-refractivity contribution is -0.274. The molecule has 0 amide bonds. The molecule has 0 unspecified atom stereocenters. The van der Waals surface area contributed by atoms with Crippen molar-refractivity contribution in [3.05, 3.63) is 36.0 Å². The number of hydrogen-bond acceptors (Lipinski definition) is 4. The predicted octanol–water partition coefficient (Wildman–Crippen LogP) is 3.50. The van der Waals surface area contributed by atoms with Crippen molar-refractivity contribution in [2.24, 2.45) is 0 Å². The van der Waals surface area contributed by atoms with Gasteiger partial charge in [-0.25, -0.2) is 9.97 Å². The third kappa shape index (κ3) is 3.42. The van der Waals surface area contributed by atoms with Gasteiger partial charge in [0.15, 0.2) is 5.82 Å². The van der Waals surface area contributed by atoms with Gasteiger partial charge in [0.2, 0.25) is 0 Å². The van der Waals surface area contributed by atoms with Crippen molar-refractivity contribution in [3.8, 4) is 17.1 Å². The summed E-state index contributed by atoms with van der Waals surface area (Å²) in [5.41, 5.74) is 7.23. The average Bonchev–Trinajstić information content (AvgIpc) is 3.21. The first-order chi connectivity index (χ1) is 9.90. The van der Waals surface area contributed by atoms with Gasteiger partial charge in [0.05, 0.1) is 0 Å². The number of ether oxygens (including phenoxy) is 1. The van der Waals surface area contributed by atoms with Crippen molar-refractivity contribution in [2.45, 2.75) is 25.1 Å². The largest absolute Gasteiger partial charge is 0.573 e. The summed E-state index contributed by atoms with van der Waals surface area (Å²) >= 11 is 0. The van der Waals surface area contributed by atoms with E-state index in [1.54, 1.807) is 6.07 Å². The van der Waals surface area contributed by atoms with Gasteiger partial charge in [-0.05, 0) is 37.1 Å². The summed E-state index contributed by atoms with van der Waals surface area (Å²) in [5.74, 6) is 0.910. The van der Waals surface area contributed by atoms with Crippen LogP contribution in [0.25, 0.3) is 11.4 Å². The molecule has 21 heavy (non-hydrogen) atoms. The van der Waals surface area contributed by atoms with E-state index in [9.17, 15) is 13.2 Å². The summed E-state index contributed by atoms with van der Waals surface area (Å²) < 4.78 is 40.1. The van der Waals surface area contributed by atoms with E-state index in [0.29, 0.717) is 23.1 Å². The number of anilines is 1. The van der Waals surface area contributed by atoms with Crippen LogP contribution < -0.4 is 10.5 Å². The second-order valence-corrected chi connectivity index (χ2v) is 4.89. The second-order valence-electron chi connectivity index (χ2n) is 4.89. The van der Waals surface area contributed by atoms with Crippen molar-refractivity contribution in [1.29, 1.82) is 0 Å². The van der Waals surface area contributed by atoms with Gasteiger partial charge >= 0.3 is 6.36 Å². The highest BCUT2D eigenvalue weighted by atomic mass is 19.4. The van der Waals surface area contributed by atoms with E-state index in [1.807, 2.05) is 0 Å². The van der Waals surface area contributed by atoms with Gasteiger partial charge in [0, 0.05) is 23.2 Å². The van der Waals surface area contributed by atoms with Crippen LogP contribution >= 0.6 is 0 Å². The normalized spacial score (nSPS) is 15.0. The van der Waals surface area contributed by atoms with Gasteiger partial charge in [-0.3, -0.25) is 0 Å². The van der Waals surface area contributed by atoms with Crippen LogP contribution in [0.2, 0.25) is 0 Å². The summed E-state index contributed by atoms with van der Waals surface area (Å²) in [6.45, 7) is 0. The number of halogens is 3. The van der Waals surface area contributed by atoms with Crippen LogP contribution in [0.4, 0.5) is 19.0 Å². The molecule has 1 saturated carbocycles. The third-order valence-corrected chi connectivity index (χ3v) is 3.11. The Labute approximate surface area is 118 Å². The maximum absolute atomic E-state index is 12.1. The third-order valence-electron chi connectivity index (χ3n) is 3.11. The molecule has 0 saturated heterocycles. The van der Waals surface area contributed by atoms with Crippen molar-refractivity contribution >= 4 is 5.82 Å². The van der Waals surface area contributed by atoms with E-state index in [2.05, 4.69) is 14.7 Å². The van der Waals surface area contributed by atoms with Gasteiger partial charge in [-0.2, -0.15) is 0 Å². The van der Waals surface area contributed by atoms with Crippen LogP contribution in [0.1, 0.15) is 24.5 Å². The fourth-order valence-electron chi connectivity index (χ4n) is 2.01. The number of nitrogens with two attached hydrogens (primary N) is 1. The van der Waals surface area contributed by atoms with Gasteiger partial charge in [0.25, 0.3) is 0 Å². The minimum Gasteiger partial charge on any atom is -0.406 e. The molecule has 1 aromatic heterocycles. The smallest absolute Gasteiger partial charge is 0.406 e. The maximum atomic E-state index is 12.1. The molecular weight excluding hydrogens is 283 g/mol. The van der Waals surface area contributed by atoms with Crippen LogP contribution in [0.15, 0.2) is 30.3 Å². The Balaban J connectivity index is 1.86. The molecule has 1 aliphatic carbocycles. The molecule has 0 atom stereocenters. The highest BCUT2D eigenvalue weighted by Crippen LogP contribution is 2.40. The Morgan fingerprint density at radius 1 is 1.10 bits per heavy atom. The molecule has 0 aliphatic heterocycles. The minimum atomic E-state index is -4.70. The predicted molar refractivity (Wildman–Crippen MR) is 70.5 cm³/mol. The van der Waals surface area contributed by atoms with E-state index in [4.69, 9.17) is 5.73 Å². The fraction of sp³-hybridized carbons (Fsp3) is 0.286. The fourth-order valence-corrected chi connectivity index (χ4v) is 2.01. The Morgan fingerprint density at radius 3 is 2.33 bits per heavy atom.